The molecule has 0 aliphatic rings. The monoisotopic (exact) mass is 276 g/mol. The molecule has 0 fully saturated rings. The van der Waals surface area contributed by atoms with Gasteiger partial charge < -0.3 is 4.74 Å². The van der Waals surface area contributed by atoms with E-state index in [1.54, 1.807) is 0 Å². The van der Waals surface area contributed by atoms with Crippen LogP contribution in [0.4, 0.5) is 0 Å². The van der Waals surface area contributed by atoms with Crippen LogP contribution in [0.15, 0.2) is 53.0 Å². The van der Waals surface area contributed by atoms with Gasteiger partial charge in [0, 0.05) is 0 Å². The Hall–Kier alpha value is -1.28. The van der Waals surface area contributed by atoms with Crippen LogP contribution in [-0.2, 0) is 6.42 Å². The van der Waals surface area contributed by atoms with Crippen molar-refractivity contribution in [3.05, 3.63) is 58.6 Å². The Kier molecular flexibility index (Phi) is 3.62. The second-order valence-corrected chi connectivity index (χ2v) is 4.29. The van der Waals surface area contributed by atoms with Gasteiger partial charge in [-0.2, -0.15) is 0 Å². The first-order chi connectivity index (χ1) is 7.81. The van der Waals surface area contributed by atoms with E-state index in [9.17, 15) is 0 Å². The molecule has 2 heteroatoms. The van der Waals surface area contributed by atoms with E-state index in [0.717, 1.165) is 22.4 Å². The summed E-state index contributed by atoms with van der Waals surface area (Å²) in [7, 11) is 0. The maximum absolute atomic E-state index is 5.80. The van der Waals surface area contributed by atoms with Crippen LogP contribution in [0.25, 0.3) is 0 Å². The summed E-state index contributed by atoms with van der Waals surface area (Å²) in [5, 5.41) is 0. The molecule has 0 spiro atoms. The summed E-state index contributed by atoms with van der Waals surface area (Å²) >= 11 is 3.57. The fourth-order valence-electron chi connectivity index (χ4n) is 1.52. The van der Waals surface area contributed by atoms with Crippen LogP contribution in [0.3, 0.4) is 0 Å². The summed E-state index contributed by atoms with van der Waals surface area (Å²) in [6.45, 7) is 2.13. The van der Waals surface area contributed by atoms with Crippen LogP contribution < -0.4 is 4.74 Å². The Morgan fingerprint density at radius 3 is 2.44 bits per heavy atom. The molecule has 2 aromatic carbocycles. The number of benzene rings is 2. The molecule has 0 unspecified atom stereocenters. The number of halogens is 1. The quantitative estimate of drug-likeness (QED) is 0.782. The van der Waals surface area contributed by atoms with Crippen molar-refractivity contribution >= 4 is 15.9 Å². The number of aryl methyl sites for hydroxylation is 1. The highest BCUT2D eigenvalue weighted by Crippen LogP contribution is 2.32. The smallest absolute Gasteiger partial charge is 0.141 e. The first-order valence-electron chi connectivity index (χ1n) is 5.31. The molecule has 2 rings (SSSR count). The van der Waals surface area contributed by atoms with Gasteiger partial charge >= 0.3 is 0 Å². The number of hydrogen-bond acceptors (Lipinski definition) is 1. The third kappa shape index (κ3) is 2.45. The van der Waals surface area contributed by atoms with Crippen LogP contribution >= 0.6 is 15.9 Å². The molecule has 82 valence electrons. The minimum Gasteiger partial charge on any atom is -0.456 e. The number of para-hydroxylation sites is 1. The summed E-state index contributed by atoms with van der Waals surface area (Å²) in [6.07, 6.45) is 0.993. The summed E-state index contributed by atoms with van der Waals surface area (Å²) in [5.74, 6) is 1.72. The van der Waals surface area contributed by atoms with Gasteiger partial charge in [0.2, 0.25) is 0 Å². The third-order valence-electron chi connectivity index (χ3n) is 2.40. The summed E-state index contributed by atoms with van der Waals surface area (Å²) in [5.41, 5.74) is 1.26. The highest BCUT2D eigenvalue weighted by atomic mass is 79.9. The van der Waals surface area contributed by atoms with Gasteiger partial charge in [-0.25, -0.2) is 0 Å². The fourth-order valence-corrected chi connectivity index (χ4v) is 2.15. The standard InChI is InChI=1S/C14H13BrO/c1-2-11-7-6-10-13(14(11)15)16-12-8-4-3-5-9-12/h3-10H,2H2,1H3. The molecule has 0 aliphatic heterocycles. The van der Waals surface area contributed by atoms with Crippen LogP contribution in [0.5, 0.6) is 11.5 Å². The predicted molar refractivity (Wildman–Crippen MR) is 70.0 cm³/mol. The highest BCUT2D eigenvalue weighted by molar-refractivity contribution is 9.10. The number of ether oxygens (including phenoxy) is 1. The van der Waals surface area contributed by atoms with Gasteiger partial charge in [-0.1, -0.05) is 37.3 Å². The van der Waals surface area contributed by atoms with E-state index >= 15 is 0 Å². The summed E-state index contributed by atoms with van der Waals surface area (Å²) in [6, 6.07) is 15.9. The van der Waals surface area contributed by atoms with Crippen molar-refractivity contribution in [3.8, 4) is 11.5 Å². The highest BCUT2D eigenvalue weighted by Gasteiger charge is 2.05. The molecule has 0 saturated heterocycles. The molecule has 0 radical (unpaired) electrons. The second kappa shape index (κ2) is 5.17. The molecule has 0 amide bonds. The molecule has 0 aliphatic carbocycles. The van der Waals surface area contributed by atoms with Crippen LogP contribution in [0.1, 0.15) is 12.5 Å². The van der Waals surface area contributed by atoms with E-state index < -0.39 is 0 Å². The van der Waals surface area contributed by atoms with Crippen LogP contribution in [-0.4, -0.2) is 0 Å². The maximum atomic E-state index is 5.80. The zero-order valence-electron chi connectivity index (χ0n) is 9.11. The van der Waals surface area contributed by atoms with Crippen LogP contribution in [0.2, 0.25) is 0 Å². The van der Waals surface area contributed by atoms with Gasteiger partial charge in [0.15, 0.2) is 0 Å². The Balaban J connectivity index is 2.28. The van der Waals surface area contributed by atoms with E-state index in [-0.39, 0.29) is 0 Å². The van der Waals surface area contributed by atoms with E-state index in [0.29, 0.717) is 0 Å². The molecule has 1 nitrogen and oxygen atoms in total. The first kappa shape index (κ1) is 11.2. The van der Waals surface area contributed by atoms with E-state index in [2.05, 4.69) is 28.9 Å². The lowest BCUT2D eigenvalue weighted by molar-refractivity contribution is 0.479. The number of rotatable bonds is 3. The van der Waals surface area contributed by atoms with E-state index in [1.165, 1.54) is 5.56 Å². The molecular formula is C14H13BrO. The Bertz CT molecular complexity index is 465. The van der Waals surface area contributed by atoms with E-state index in [4.69, 9.17) is 4.74 Å². The molecule has 0 heterocycles. The summed E-state index contributed by atoms with van der Waals surface area (Å²) < 4.78 is 6.85. The maximum Gasteiger partial charge on any atom is 0.141 e. The molecule has 0 N–H and O–H groups in total. The van der Waals surface area contributed by atoms with E-state index in [1.807, 2.05) is 42.5 Å². The van der Waals surface area contributed by atoms with Gasteiger partial charge in [-0.05, 0) is 46.1 Å². The molecule has 0 bridgehead atoms. The second-order valence-electron chi connectivity index (χ2n) is 3.50. The lowest BCUT2D eigenvalue weighted by atomic mass is 10.2. The van der Waals surface area contributed by atoms with Crippen molar-refractivity contribution in [3.63, 3.8) is 0 Å². The van der Waals surface area contributed by atoms with Gasteiger partial charge in [-0.3, -0.25) is 0 Å². The fraction of sp³-hybridized carbons (Fsp3) is 0.143. The molecule has 0 aromatic heterocycles. The number of hydrogen-bond donors (Lipinski definition) is 0. The molecular weight excluding hydrogens is 264 g/mol. The van der Waals surface area contributed by atoms with Gasteiger partial charge in [-0.15, -0.1) is 0 Å². The lowest BCUT2D eigenvalue weighted by Crippen LogP contribution is -1.89. The topological polar surface area (TPSA) is 9.23 Å². The molecule has 2 aromatic rings. The Morgan fingerprint density at radius 2 is 1.75 bits per heavy atom. The SMILES string of the molecule is CCc1cccc(Oc2ccccc2)c1Br. The lowest BCUT2D eigenvalue weighted by Gasteiger charge is -2.10. The van der Waals surface area contributed by atoms with Crippen molar-refractivity contribution in [2.24, 2.45) is 0 Å². The van der Waals surface area contributed by atoms with Gasteiger partial charge in [0.1, 0.15) is 11.5 Å². The first-order valence-corrected chi connectivity index (χ1v) is 6.11. The minimum absolute atomic E-state index is 0.858. The molecule has 16 heavy (non-hydrogen) atoms. The predicted octanol–water partition coefficient (Wildman–Crippen LogP) is 4.80. The Morgan fingerprint density at radius 1 is 1.00 bits per heavy atom. The van der Waals surface area contributed by atoms with Crippen molar-refractivity contribution in [2.75, 3.05) is 0 Å². The van der Waals surface area contributed by atoms with Crippen LogP contribution in [0, 0.1) is 0 Å². The average Bonchev–Trinajstić information content (AvgIpc) is 2.33. The zero-order chi connectivity index (χ0) is 11.4. The van der Waals surface area contributed by atoms with Crippen molar-refractivity contribution < 1.29 is 4.74 Å². The van der Waals surface area contributed by atoms with Crippen molar-refractivity contribution in [1.29, 1.82) is 0 Å². The average molecular weight is 277 g/mol. The van der Waals surface area contributed by atoms with Crippen molar-refractivity contribution in [1.82, 2.24) is 0 Å². The minimum atomic E-state index is 0.858. The molecule has 0 saturated carbocycles. The van der Waals surface area contributed by atoms with Gasteiger partial charge in [0.25, 0.3) is 0 Å². The summed E-state index contributed by atoms with van der Waals surface area (Å²) in [4.78, 5) is 0. The third-order valence-corrected chi connectivity index (χ3v) is 3.30. The normalized spacial score (nSPS) is 10.1. The van der Waals surface area contributed by atoms with Gasteiger partial charge in [0.05, 0.1) is 4.47 Å². The molecule has 0 atom stereocenters. The Labute approximate surface area is 104 Å². The van der Waals surface area contributed by atoms with Crippen molar-refractivity contribution in [2.45, 2.75) is 13.3 Å². The largest absolute Gasteiger partial charge is 0.456 e. The zero-order valence-corrected chi connectivity index (χ0v) is 10.7.